The number of rotatable bonds is 6. The zero-order valence-corrected chi connectivity index (χ0v) is 23.1. The third-order valence-corrected chi connectivity index (χ3v) is 7.96. The highest BCUT2D eigenvalue weighted by molar-refractivity contribution is 6.05. The van der Waals surface area contributed by atoms with E-state index in [9.17, 15) is 14.3 Å². The van der Waals surface area contributed by atoms with Gasteiger partial charge in [0.15, 0.2) is 5.78 Å². The van der Waals surface area contributed by atoms with Gasteiger partial charge < -0.3 is 19.6 Å². The molecule has 1 N–H and O–H groups in total. The zero-order valence-electron chi connectivity index (χ0n) is 23.1. The second-order valence-electron chi connectivity index (χ2n) is 11.2. The molecule has 0 amide bonds. The van der Waals surface area contributed by atoms with Crippen LogP contribution in [0.2, 0.25) is 0 Å². The second-order valence-corrected chi connectivity index (χ2v) is 11.2. The summed E-state index contributed by atoms with van der Waals surface area (Å²) in [5.41, 5.74) is 6.98. The molecule has 6 rings (SSSR count). The van der Waals surface area contributed by atoms with E-state index in [1.807, 2.05) is 31.3 Å². The van der Waals surface area contributed by atoms with Gasteiger partial charge in [-0.05, 0) is 30.7 Å². The van der Waals surface area contributed by atoms with E-state index >= 15 is 0 Å². The molecule has 2 aliphatic heterocycles. The normalized spacial score (nSPS) is 16.4. The molecule has 7 nitrogen and oxygen atoms in total. The van der Waals surface area contributed by atoms with E-state index in [2.05, 4.69) is 29.7 Å². The fraction of sp³-hybridized carbons (Fsp3) is 0.344. The minimum Gasteiger partial charge on any atom is -0.396 e. The number of pyridine rings is 2. The predicted octanol–water partition coefficient (Wildman–Crippen LogP) is 5.58. The molecule has 1 fully saturated rings. The number of aliphatic hydroxyl groups is 1. The Hall–Kier alpha value is -3.88. The second kappa shape index (κ2) is 10.3. The number of halogens is 1. The van der Waals surface area contributed by atoms with Crippen LogP contribution in [-0.4, -0.2) is 60.3 Å². The molecule has 0 spiro atoms. The average molecular weight is 541 g/mol. The molecule has 206 valence electrons. The van der Waals surface area contributed by atoms with Gasteiger partial charge in [-0.25, -0.2) is 9.37 Å². The van der Waals surface area contributed by atoms with Gasteiger partial charge in [0.1, 0.15) is 5.82 Å². The molecular formula is C32H33FN4O3. The molecule has 2 aromatic carbocycles. The summed E-state index contributed by atoms with van der Waals surface area (Å²) in [7, 11) is 0. The SMILES string of the molecule is Cc1c(-c2ccccc2C(=O)CCO)nc2cc(F)ccc2c1N1CC(C)(C)c2ncc(N3CCOCC3)cc21. The standard InChI is InChI=1S/C32H33FN4O3/c1-20-29(24-7-5-4-6-23(24)28(39)10-13-38)35-26-16-21(33)8-9-25(26)30(20)37-19-32(2,3)31-27(37)17-22(18-34-31)36-11-14-40-15-12-36/h4-9,16-18,38H,10-15,19H2,1-3H3. The van der Waals surface area contributed by atoms with Gasteiger partial charge in [0, 0.05) is 54.0 Å². The smallest absolute Gasteiger partial charge is 0.165 e. The van der Waals surface area contributed by atoms with Crippen LogP contribution >= 0.6 is 0 Å². The number of morpholine rings is 1. The number of carbonyl (C=O) groups excluding carboxylic acids is 1. The minimum absolute atomic E-state index is 0.0226. The van der Waals surface area contributed by atoms with Gasteiger partial charge in [-0.15, -0.1) is 0 Å². The van der Waals surface area contributed by atoms with Crippen molar-refractivity contribution in [2.24, 2.45) is 0 Å². The minimum atomic E-state index is -0.371. The summed E-state index contributed by atoms with van der Waals surface area (Å²) in [6, 6.07) is 14.2. The third-order valence-electron chi connectivity index (χ3n) is 7.96. The summed E-state index contributed by atoms with van der Waals surface area (Å²) in [6.07, 6.45) is 1.98. The summed E-state index contributed by atoms with van der Waals surface area (Å²) in [5.74, 6) is -0.531. The van der Waals surface area contributed by atoms with Gasteiger partial charge in [0.2, 0.25) is 0 Å². The van der Waals surface area contributed by atoms with Crippen LogP contribution in [0.5, 0.6) is 0 Å². The van der Waals surface area contributed by atoms with E-state index in [1.54, 1.807) is 12.1 Å². The molecule has 0 bridgehead atoms. The Balaban J connectivity index is 1.58. The summed E-state index contributed by atoms with van der Waals surface area (Å²) in [4.78, 5) is 27.4. The van der Waals surface area contributed by atoms with Gasteiger partial charge in [-0.2, -0.15) is 0 Å². The average Bonchev–Trinajstić information content (AvgIpc) is 3.23. The molecule has 40 heavy (non-hydrogen) atoms. The van der Waals surface area contributed by atoms with Crippen molar-refractivity contribution < 1.29 is 19.0 Å². The maximum absolute atomic E-state index is 14.5. The lowest BCUT2D eigenvalue weighted by Crippen LogP contribution is -2.36. The molecule has 0 atom stereocenters. The molecule has 1 saturated heterocycles. The fourth-order valence-corrected chi connectivity index (χ4v) is 6.01. The van der Waals surface area contributed by atoms with E-state index in [1.165, 1.54) is 12.1 Å². The first-order valence-corrected chi connectivity index (χ1v) is 13.7. The van der Waals surface area contributed by atoms with Gasteiger partial charge in [0.25, 0.3) is 0 Å². The summed E-state index contributed by atoms with van der Waals surface area (Å²) in [6.45, 7) is 9.83. The number of carbonyl (C=O) groups is 1. The van der Waals surface area contributed by atoms with Crippen molar-refractivity contribution in [1.29, 1.82) is 0 Å². The number of benzene rings is 2. The summed E-state index contributed by atoms with van der Waals surface area (Å²) in [5, 5.41) is 10.3. The molecule has 2 aliphatic rings. The molecule has 0 aliphatic carbocycles. The van der Waals surface area contributed by atoms with Crippen molar-refractivity contribution in [3.63, 3.8) is 0 Å². The highest BCUT2D eigenvalue weighted by atomic mass is 19.1. The van der Waals surface area contributed by atoms with E-state index in [0.29, 0.717) is 42.1 Å². The molecular weight excluding hydrogens is 507 g/mol. The molecule has 0 saturated carbocycles. The first-order valence-electron chi connectivity index (χ1n) is 13.7. The van der Waals surface area contributed by atoms with Crippen LogP contribution in [0, 0.1) is 12.7 Å². The number of ketones is 1. The molecule has 0 radical (unpaired) electrons. The Bertz CT molecular complexity index is 1610. The maximum atomic E-state index is 14.5. The van der Waals surface area contributed by atoms with E-state index in [-0.39, 0.29) is 30.0 Å². The van der Waals surface area contributed by atoms with Gasteiger partial charge in [-0.1, -0.05) is 38.1 Å². The molecule has 0 unspecified atom stereocenters. The quantitative estimate of drug-likeness (QED) is 0.320. The lowest BCUT2D eigenvalue weighted by atomic mass is 9.91. The largest absolute Gasteiger partial charge is 0.396 e. The highest BCUT2D eigenvalue weighted by Gasteiger charge is 2.39. The fourth-order valence-electron chi connectivity index (χ4n) is 6.01. The number of hydrogen-bond acceptors (Lipinski definition) is 7. The van der Waals surface area contributed by atoms with Crippen LogP contribution in [0.25, 0.3) is 22.2 Å². The predicted molar refractivity (Wildman–Crippen MR) is 155 cm³/mol. The molecule has 8 heteroatoms. The van der Waals surface area contributed by atoms with Crippen molar-refractivity contribution >= 4 is 33.7 Å². The first kappa shape index (κ1) is 26.3. The summed E-state index contributed by atoms with van der Waals surface area (Å²) >= 11 is 0. The highest BCUT2D eigenvalue weighted by Crippen LogP contribution is 2.48. The van der Waals surface area contributed by atoms with Crippen LogP contribution in [0.3, 0.4) is 0 Å². The molecule has 4 aromatic rings. The number of ether oxygens (including phenoxy) is 1. The number of aromatic nitrogens is 2. The number of fused-ring (bicyclic) bond motifs is 2. The maximum Gasteiger partial charge on any atom is 0.165 e. The van der Waals surface area contributed by atoms with Crippen LogP contribution in [0.4, 0.5) is 21.5 Å². The zero-order chi connectivity index (χ0) is 28.0. The van der Waals surface area contributed by atoms with Crippen LogP contribution in [0.15, 0.2) is 54.7 Å². The lowest BCUT2D eigenvalue weighted by Gasteiger charge is -2.30. The Labute approximate surface area is 233 Å². The molecule has 2 aromatic heterocycles. The van der Waals surface area contributed by atoms with E-state index in [0.717, 1.165) is 46.8 Å². The number of aliphatic hydroxyl groups excluding tert-OH is 1. The van der Waals surface area contributed by atoms with Gasteiger partial charge in [0.05, 0.1) is 60.0 Å². The Morgan fingerprint density at radius 2 is 1.90 bits per heavy atom. The van der Waals surface area contributed by atoms with Crippen molar-refractivity contribution in [3.05, 3.63) is 77.4 Å². The van der Waals surface area contributed by atoms with Crippen molar-refractivity contribution in [2.45, 2.75) is 32.6 Å². The first-order chi connectivity index (χ1) is 19.3. The Morgan fingerprint density at radius 3 is 2.67 bits per heavy atom. The van der Waals surface area contributed by atoms with Crippen LogP contribution in [-0.2, 0) is 10.2 Å². The Kier molecular flexibility index (Phi) is 6.76. The number of hydrogen-bond donors (Lipinski definition) is 1. The van der Waals surface area contributed by atoms with E-state index in [4.69, 9.17) is 14.7 Å². The van der Waals surface area contributed by atoms with Crippen molar-refractivity contribution in [2.75, 3.05) is 49.3 Å². The summed E-state index contributed by atoms with van der Waals surface area (Å²) < 4.78 is 20.1. The number of Topliss-reactive ketones (excluding diaryl/α,β-unsaturated/α-hetero) is 1. The third kappa shape index (κ3) is 4.51. The van der Waals surface area contributed by atoms with Gasteiger partial charge in [-0.3, -0.25) is 9.78 Å². The van der Waals surface area contributed by atoms with E-state index < -0.39 is 0 Å². The lowest BCUT2D eigenvalue weighted by molar-refractivity contribution is 0.0957. The molecule has 4 heterocycles. The number of nitrogens with zero attached hydrogens (tertiary/aromatic N) is 4. The van der Waals surface area contributed by atoms with Gasteiger partial charge >= 0.3 is 0 Å². The monoisotopic (exact) mass is 540 g/mol. The Morgan fingerprint density at radius 1 is 1.12 bits per heavy atom. The van der Waals surface area contributed by atoms with Crippen molar-refractivity contribution in [1.82, 2.24) is 9.97 Å². The van der Waals surface area contributed by atoms with Crippen molar-refractivity contribution in [3.8, 4) is 11.3 Å². The topological polar surface area (TPSA) is 78.8 Å². The number of anilines is 3. The van der Waals surface area contributed by atoms with Crippen LogP contribution < -0.4 is 9.80 Å². The van der Waals surface area contributed by atoms with Crippen LogP contribution in [0.1, 0.15) is 41.9 Å².